The highest BCUT2D eigenvalue weighted by Gasteiger charge is 2.30. The van der Waals surface area contributed by atoms with Gasteiger partial charge in [-0.1, -0.05) is 262 Å². The van der Waals surface area contributed by atoms with Crippen molar-refractivity contribution in [2.45, 2.75) is 303 Å². The van der Waals surface area contributed by atoms with E-state index in [1.54, 1.807) is 0 Å². The average molecular weight is 1490 g/mol. The summed E-state index contributed by atoms with van der Waals surface area (Å²) in [5.74, 6) is -2.29. The van der Waals surface area contributed by atoms with E-state index in [1.165, 1.54) is 0 Å². The second kappa shape index (κ2) is 75.6. The van der Waals surface area contributed by atoms with Crippen LogP contribution in [0.2, 0.25) is 0 Å². The maximum atomic E-state index is 13.1. The van der Waals surface area contributed by atoms with Gasteiger partial charge in [-0.05, 0) is 167 Å². The molecule has 0 aliphatic carbocycles. The zero-order chi connectivity index (χ0) is 76.0. The molecule has 0 saturated carbocycles. The minimum Gasteiger partial charge on any atom is -0.462 e. The maximum absolute atomic E-state index is 13.1. The minimum atomic E-state index is -5.00. The summed E-state index contributed by atoms with van der Waals surface area (Å²) in [5, 5.41) is 10.6. The van der Waals surface area contributed by atoms with Crippen molar-refractivity contribution in [3.8, 4) is 0 Å². The number of carbonyl (C=O) groups excluding carboxylic acids is 4. The third kappa shape index (κ3) is 74.7. The predicted molar refractivity (Wildman–Crippen MR) is 426 cm³/mol. The summed E-state index contributed by atoms with van der Waals surface area (Å²) in [5.41, 5.74) is 0. The Morgan fingerprint density at radius 1 is 0.279 bits per heavy atom. The molecule has 3 N–H and O–H groups in total. The Balaban J connectivity index is 5.45. The molecular weight excluding hydrogens is 1350 g/mol. The lowest BCUT2D eigenvalue weighted by molar-refractivity contribution is -0.161. The molecule has 0 aromatic carbocycles. The lowest BCUT2D eigenvalue weighted by Crippen LogP contribution is -2.30. The standard InChI is InChI=1S/C85H138O17P2/c1-5-9-13-17-21-25-29-33-36-38-39-41-43-47-50-54-58-62-66-70-83(88)96-76-81(102-85(90)72-68-64-60-56-52-48-44-40-37-34-30-26-22-18-14-10-6-2)78-100-104(93,94)98-74-79(86)73-97-103(91,92)99-77-80(101-84(89)71-67-63-59-55-51-45-32-28-24-20-16-12-8-4)75-95-82(87)69-65-61-57-53-49-46-42-35-31-27-23-19-15-11-7-3/h9-11,13-16,20-23,25-28,32-37,39,41-42,44,47-48,50,79-81,86H,5-8,12,17-19,24,29-31,38,40,43,45-46,49,51-78H2,1-4H3,(H,91,92)(H,93,94)/b13-9-,14-10-,15-11-,20-16-,25-21-,26-22-,27-23-,32-28-,36-33-,37-34-,41-39-,42-35-,48-44-,50-47-. The van der Waals surface area contributed by atoms with E-state index in [-0.39, 0.29) is 25.7 Å². The molecule has 17 nitrogen and oxygen atoms in total. The molecule has 5 atom stereocenters. The van der Waals surface area contributed by atoms with Crippen molar-refractivity contribution in [3.63, 3.8) is 0 Å². The molecule has 5 unspecified atom stereocenters. The number of allylic oxidation sites excluding steroid dienone is 28. The van der Waals surface area contributed by atoms with Gasteiger partial charge < -0.3 is 33.8 Å². The van der Waals surface area contributed by atoms with Crippen LogP contribution < -0.4 is 0 Å². The van der Waals surface area contributed by atoms with Crippen LogP contribution >= 0.6 is 15.6 Å². The van der Waals surface area contributed by atoms with Crippen molar-refractivity contribution in [1.29, 1.82) is 0 Å². The van der Waals surface area contributed by atoms with Crippen LogP contribution in [0.5, 0.6) is 0 Å². The van der Waals surface area contributed by atoms with Gasteiger partial charge >= 0.3 is 39.5 Å². The quantitative estimate of drug-likeness (QED) is 0.0169. The lowest BCUT2D eigenvalue weighted by Gasteiger charge is -2.21. The van der Waals surface area contributed by atoms with Crippen LogP contribution in [0.25, 0.3) is 0 Å². The van der Waals surface area contributed by atoms with Gasteiger partial charge in [0.05, 0.1) is 26.4 Å². The number of phosphoric acid groups is 2. The van der Waals surface area contributed by atoms with Gasteiger partial charge in [0.15, 0.2) is 12.2 Å². The molecule has 0 fully saturated rings. The number of aliphatic hydroxyl groups is 1. The van der Waals surface area contributed by atoms with Crippen LogP contribution in [0.4, 0.5) is 0 Å². The van der Waals surface area contributed by atoms with Crippen molar-refractivity contribution in [1.82, 2.24) is 0 Å². The number of rotatable bonds is 72. The fourth-order valence-corrected chi connectivity index (χ4v) is 11.3. The fourth-order valence-electron chi connectivity index (χ4n) is 9.76. The molecule has 104 heavy (non-hydrogen) atoms. The topological polar surface area (TPSA) is 237 Å². The van der Waals surface area contributed by atoms with Crippen LogP contribution in [0.1, 0.15) is 285 Å². The molecule has 0 aromatic rings. The van der Waals surface area contributed by atoms with Gasteiger partial charge in [0, 0.05) is 25.7 Å². The van der Waals surface area contributed by atoms with E-state index in [0.29, 0.717) is 25.7 Å². The van der Waals surface area contributed by atoms with E-state index >= 15 is 0 Å². The Morgan fingerprint density at radius 3 is 0.779 bits per heavy atom. The number of aliphatic hydroxyl groups excluding tert-OH is 1. The predicted octanol–water partition coefficient (Wildman–Crippen LogP) is 23.0. The van der Waals surface area contributed by atoms with Gasteiger partial charge in [-0.2, -0.15) is 0 Å². The molecule has 0 aromatic heterocycles. The van der Waals surface area contributed by atoms with Gasteiger partial charge in [-0.25, -0.2) is 9.13 Å². The van der Waals surface area contributed by atoms with E-state index < -0.39 is 97.5 Å². The first-order valence-corrected chi connectivity index (χ1v) is 42.4. The number of unbranched alkanes of at least 4 members (excludes halogenated alkanes) is 18. The smallest absolute Gasteiger partial charge is 0.462 e. The van der Waals surface area contributed by atoms with Gasteiger partial charge in [0.1, 0.15) is 19.3 Å². The Bertz CT molecular complexity index is 2640. The van der Waals surface area contributed by atoms with Crippen LogP contribution in [0.3, 0.4) is 0 Å². The SMILES string of the molecule is CC/C=C\C/C=C\C/C=C\C/C=C\C/C=C\CCCCCC(=O)OCC(COP(=O)(O)OCC(O)COP(=O)(O)OCC(COC(=O)CCCCCCC/C=C\C/C=C\C/C=C\CC)OC(=O)CCCCCCC/C=C\C/C=C\CCC)OC(=O)CCCCCC/C=C\C/C=C\C/C=C\C/C=C\CC. The molecule has 0 saturated heterocycles. The minimum absolute atomic E-state index is 0.0523. The molecule has 0 bridgehead atoms. The van der Waals surface area contributed by atoms with Crippen molar-refractivity contribution < 1.29 is 80.2 Å². The molecule has 0 spiro atoms. The number of esters is 4. The highest BCUT2D eigenvalue weighted by Crippen LogP contribution is 2.45. The first-order chi connectivity index (χ1) is 50.7. The molecule has 0 aliphatic heterocycles. The molecule has 0 rings (SSSR count). The lowest BCUT2D eigenvalue weighted by atomic mass is 10.1. The van der Waals surface area contributed by atoms with E-state index in [0.717, 1.165) is 205 Å². The second-order valence-electron chi connectivity index (χ2n) is 25.5. The number of hydrogen-bond acceptors (Lipinski definition) is 15. The van der Waals surface area contributed by atoms with Crippen molar-refractivity contribution in [2.75, 3.05) is 39.6 Å². The molecule has 0 amide bonds. The molecule has 19 heteroatoms. The zero-order valence-corrected chi connectivity index (χ0v) is 66.2. The third-order valence-electron chi connectivity index (χ3n) is 15.6. The van der Waals surface area contributed by atoms with Crippen molar-refractivity contribution >= 4 is 39.5 Å². The summed E-state index contributed by atoms with van der Waals surface area (Å²) >= 11 is 0. The first-order valence-electron chi connectivity index (χ1n) is 39.4. The first kappa shape index (κ1) is 98.4. The Hall–Kier alpha value is -5.58. The van der Waals surface area contributed by atoms with Gasteiger partial charge in [0.25, 0.3) is 0 Å². The molecule has 0 heterocycles. The summed E-state index contributed by atoms with van der Waals surface area (Å²) in [6.07, 6.45) is 89.1. The third-order valence-corrected chi connectivity index (χ3v) is 17.5. The Kier molecular flexibility index (Phi) is 71.6. The molecule has 590 valence electrons. The zero-order valence-electron chi connectivity index (χ0n) is 64.4. The van der Waals surface area contributed by atoms with Gasteiger partial charge in [0.2, 0.25) is 0 Å². The summed E-state index contributed by atoms with van der Waals surface area (Å²) in [6, 6.07) is 0. The number of hydrogen-bond donors (Lipinski definition) is 3. The van der Waals surface area contributed by atoms with Crippen molar-refractivity contribution in [2.24, 2.45) is 0 Å². The van der Waals surface area contributed by atoms with Crippen LogP contribution in [0, 0.1) is 0 Å². The monoisotopic (exact) mass is 1490 g/mol. The van der Waals surface area contributed by atoms with Crippen LogP contribution in [0.15, 0.2) is 170 Å². The molecular formula is C85H138O17P2. The van der Waals surface area contributed by atoms with Crippen LogP contribution in [-0.2, 0) is 65.4 Å². The molecule has 0 aliphatic rings. The van der Waals surface area contributed by atoms with Gasteiger partial charge in [-0.3, -0.25) is 37.3 Å². The number of ether oxygens (including phenoxy) is 4. The maximum Gasteiger partial charge on any atom is 0.472 e. The van der Waals surface area contributed by atoms with E-state index in [9.17, 15) is 43.2 Å². The largest absolute Gasteiger partial charge is 0.472 e. The summed E-state index contributed by atoms with van der Waals surface area (Å²) in [7, 11) is -10.00. The van der Waals surface area contributed by atoms with Gasteiger partial charge in [-0.15, -0.1) is 0 Å². The highest BCUT2D eigenvalue weighted by molar-refractivity contribution is 7.47. The number of carbonyl (C=O) groups is 4. The highest BCUT2D eigenvalue weighted by atomic mass is 31.2. The summed E-state index contributed by atoms with van der Waals surface area (Å²) < 4.78 is 68.5. The molecule has 0 radical (unpaired) electrons. The normalized spacial score (nSPS) is 14.8. The van der Waals surface area contributed by atoms with Crippen molar-refractivity contribution in [3.05, 3.63) is 170 Å². The summed E-state index contributed by atoms with van der Waals surface area (Å²) in [6.45, 7) is 4.35. The average Bonchev–Trinajstić information content (AvgIpc) is 0.911. The van der Waals surface area contributed by atoms with E-state index in [4.69, 9.17) is 37.0 Å². The number of phosphoric ester groups is 2. The van der Waals surface area contributed by atoms with E-state index in [1.807, 2.05) is 0 Å². The second-order valence-corrected chi connectivity index (χ2v) is 28.4. The Labute approximate surface area is 629 Å². The fraction of sp³-hybridized carbons (Fsp3) is 0.624. The summed E-state index contributed by atoms with van der Waals surface area (Å²) in [4.78, 5) is 73.0. The Morgan fingerprint density at radius 2 is 0.500 bits per heavy atom. The van der Waals surface area contributed by atoms with Crippen LogP contribution in [-0.4, -0.2) is 96.7 Å². The van der Waals surface area contributed by atoms with E-state index in [2.05, 4.69) is 198 Å².